The Balaban J connectivity index is 1.94. The molecule has 0 fully saturated rings. The molecule has 0 amide bonds. The summed E-state index contributed by atoms with van der Waals surface area (Å²) in [6, 6.07) is 8.00. The molecule has 0 spiro atoms. The summed E-state index contributed by atoms with van der Waals surface area (Å²) < 4.78 is 6.80. The van der Waals surface area contributed by atoms with Crippen LogP contribution in [0.3, 0.4) is 0 Å². The quantitative estimate of drug-likeness (QED) is 0.820. The molecule has 0 saturated carbocycles. The molecule has 0 aliphatic carbocycles. The highest BCUT2D eigenvalue weighted by molar-refractivity contribution is 9.10. The van der Waals surface area contributed by atoms with Crippen LogP contribution in [-0.2, 0) is 6.42 Å². The van der Waals surface area contributed by atoms with Gasteiger partial charge in [0.2, 0.25) is 0 Å². The van der Waals surface area contributed by atoms with Crippen LogP contribution < -0.4 is 5.32 Å². The molecule has 0 atom stereocenters. The van der Waals surface area contributed by atoms with Gasteiger partial charge in [-0.3, -0.25) is 0 Å². The number of hydrogen-bond donors (Lipinski definition) is 1. The van der Waals surface area contributed by atoms with Gasteiger partial charge in [-0.25, -0.2) is 4.98 Å². The SMILES string of the molecule is CC(C)CNCCc1ncc(-c2ccccc2Br)o1. The van der Waals surface area contributed by atoms with E-state index in [0.29, 0.717) is 5.92 Å². The lowest BCUT2D eigenvalue weighted by Crippen LogP contribution is -2.22. The smallest absolute Gasteiger partial charge is 0.196 e. The summed E-state index contributed by atoms with van der Waals surface area (Å²) in [5.74, 6) is 2.26. The second-order valence-electron chi connectivity index (χ2n) is 4.95. The van der Waals surface area contributed by atoms with Gasteiger partial charge in [-0.1, -0.05) is 48.0 Å². The summed E-state index contributed by atoms with van der Waals surface area (Å²) in [7, 11) is 0. The molecule has 1 aromatic heterocycles. The molecule has 4 heteroatoms. The molecule has 2 aromatic rings. The number of nitrogens with zero attached hydrogens (tertiary/aromatic N) is 1. The second kappa shape index (κ2) is 6.87. The standard InChI is InChI=1S/C15H19BrN2O/c1-11(2)9-17-8-7-15-18-10-14(19-15)12-5-3-4-6-13(12)16/h3-6,10-11,17H,7-9H2,1-2H3. The number of benzene rings is 1. The first kappa shape index (κ1) is 14.3. The summed E-state index contributed by atoms with van der Waals surface area (Å²) in [6.45, 7) is 6.32. The molecule has 2 rings (SSSR count). The monoisotopic (exact) mass is 322 g/mol. The predicted octanol–water partition coefficient (Wildman–Crippen LogP) is 3.89. The Morgan fingerprint density at radius 1 is 1.32 bits per heavy atom. The number of rotatable bonds is 6. The average Bonchev–Trinajstić information content (AvgIpc) is 2.83. The van der Waals surface area contributed by atoms with Crippen LogP contribution in [-0.4, -0.2) is 18.1 Å². The van der Waals surface area contributed by atoms with Gasteiger partial charge in [-0.2, -0.15) is 0 Å². The van der Waals surface area contributed by atoms with E-state index < -0.39 is 0 Å². The third kappa shape index (κ3) is 4.18. The molecule has 0 radical (unpaired) electrons. The minimum atomic E-state index is 0.667. The van der Waals surface area contributed by atoms with Gasteiger partial charge in [0.05, 0.1) is 6.20 Å². The van der Waals surface area contributed by atoms with Gasteiger partial charge in [-0.15, -0.1) is 0 Å². The highest BCUT2D eigenvalue weighted by atomic mass is 79.9. The fraction of sp³-hybridized carbons (Fsp3) is 0.400. The summed E-state index contributed by atoms with van der Waals surface area (Å²) in [5, 5.41) is 3.38. The van der Waals surface area contributed by atoms with Crippen LogP contribution in [0.5, 0.6) is 0 Å². The van der Waals surface area contributed by atoms with Crippen molar-refractivity contribution >= 4 is 15.9 Å². The van der Waals surface area contributed by atoms with Gasteiger partial charge < -0.3 is 9.73 Å². The first-order valence-electron chi connectivity index (χ1n) is 6.57. The van der Waals surface area contributed by atoms with Crippen molar-refractivity contribution in [1.82, 2.24) is 10.3 Å². The Morgan fingerprint density at radius 3 is 2.84 bits per heavy atom. The van der Waals surface area contributed by atoms with Crippen molar-refractivity contribution in [3.8, 4) is 11.3 Å². The van der Waals surface area contributed by atoms with Crippen LogP contribution in [0, 0.1) is 5.92 Å². The highest BCUT2D eigenvalue weighted by Crippen LogP contribution is 2.28. The summed E-state index contributed by atoms with van der Waals surface area (Å²) in [5.41, 5.74) is 1.04. The number of oxazole rings is 1. The fourth-order valence-corrected chi connectivity index (χ4v) is 2.28. The van der Waals surface area contributed by atoms with E-state index in [1.165, 1.54) is 0 Å². The van der Waals surface area contributed by atoms with E-state index in [-0.39, 0.29) is 0 Å². The van der Waals surface area contributed by atoms with Crippen LogP contribution in [0.4, 0.5) is 0 Å². The molecular formula is C15H19BrN2O. The topological polar surface area (TPSA) is 38.1 Å². The molecule has 3 nitrogen and oxygen atoms in total. The average molecular weight is 323 g/mol. The minimum Gasteiger partial charge on any atom is -0.441 e. The molecule has 0 unspecified atom stereocenters. The lowest BCUT2D eigenvalue weighted by molar-refractivity contribution is 0.483. The molecule has 102 valence electrons. The van der Waals surface area contributed by atoms with Crippen LogP contribution in [0.1, 0.15) is 19.7 Å². The Hall–Kier alpha value is -1.13. The number of aromatic nitrogens is 1. The van der Waals surface area contributed by atoms with Crippen molar-refractivity contribution in [2.24, 2.45) is 5.92 Å². The van der Waals surface area contributed by atoms with Crippen LogP contribution >= 0.6 is 15.9 Å². The van der Waals surface area contributed by atoms with E-state index in [1.54, 1.807) is 6.20 Å². The van der Waals surface area contributed by atoms with Crippen LogP contribution in [0.15, 0.2) is 39.4 Å². The molecule has 0 aliphatic heterocycles. The molecule has 0 aliphatic rings. The summed E-state index contributed by atoms with van der Waals surface area (Å²) >= 11 is 3.52. The van der Waals surface area contributed by atoms with Crippen molar-refractivity contribution in [2.45, 2.75) is 20.3 Å². The third-order valence-electron chi connectivity index (χ3n) is 2.76. The largest absolute Gasteiger partial charge is 0.441 e. The third-order valence-corrected chi connectivity index (χ3v) is 3.45. The maximum Gasteiger partial charge on any atom is 0.196 e. The van der Waals surface area contributed by atoms with Crippen molar-refractivity contribution in [3.63, 3.8) is 0 Å². The zero-order chi connectivity index (χ0) is 13.7. The molecule has 1 heterocycles. The van der Waals surface area contributed by atoms with Gasteiger partial charge in [-0.05, 0) is 18.5 Å². The van der Waals surface area contributed by atoms with E-state index in [9.17, 15) is 0 Å². The molecule has 1 N–H and O–H groups in total. The Morgan fingerprint density at radius 2 is 2.11 bits per heavy atom. The summed E-state index contributed by atoms with van der Waals surface area (Å²) in [6.07, 6.45) is 2.61. The van der Waals surface area contributed by atoms with E-state index in [0.717, 1.165) is 41.2 Å². The molecular weight excluding hydrogens is 304 g/mol. The first-order chi connectivity index (χ1) is 9.16. The second-order valence-corrected chi connectivity index (χ2v) is 5.80. The van der Waals surface area contributed by atoms with Gasteiger partial charge in [0.1, 0.15) is 0 Å². The van der Waals surface area contributed by atoms with Crippen molar-refractivity contribution in [3.05, 3.63) is 40.8 Å². The molecule has 19 heavy (non-hydrogen) atoms. The normalized spacial score (nSPS) is 11.2. The predicted molar refractivity (Wildman–Crippen MR) is 81.1 cm³/mol. The molecule has 0 saturated heterocycles. The maximum absolute atomic E-state index is 5.78. The van der Waals surface area contributed by atoms with E-state index in [4.69, 9.17) is 4.42 Å². The Bertz CT molecular complexity index is 522. The maximum atomic E-state index is 5.78. The minimum absolute atomic E-state index is 0.667. The Labute approximate surface area is 122 Å². The lowest BCUT2D eigenvalue weighted by atomic mass is 10.2. The zero-order valence-corrected chi connectivity index (χ0v) is 12.9. The van der Waals surface area contributed by atoms with Gasteiger partial charge in [0.15, 0.2) is 11.7 Å². The van der Waals surface area contributed by atoms with E-state index in [1.807, 2.05) is 24.3 Å². The molecule has 1 aromatic carbocycles. The molecule has 0 bridgehead atoms. The number of halogens is 1. The fourth-order valence-electron chi connectivity index (χ4n) is 1.80. The summed E-state index contributed by atoms with van der Waals surface area (Å²) in [4.78, 5) is 4.32. The first-order valence-corrected chi connectivity index (χ1v) is 7.36. The van der Waals surface area contributed by atoms with Crippen molar-refractivity contribution in [1.29, 1.82) is 0 Å². The van der Waals surface area contributed by atoms with E-state index >= 15 is 0 Å². The van der Waals surface area contributed by atoms with Crippen LogP contribution in [0.2, 0.25) is 0 Å². The number of hydrogen-bond acceptors (Lipinski definition) is 3. The van der Waals surface area contributed by atoms with Crippen molar-refractivity contribution in [2.75, 3.05) is 13.1 Å². The van der Waals surface area contributed by atoms with E-state index in [2.05, 4.69) is 40.1 Å². The highest BCUT2D eigenvalue weighted by Gasteiger charge is 2.08. The zero-order valence-electron chi connectivity index (χ0n) is 11.3. The van der Waals surface area contributed by atoms with Gasteiger partial charge in [0.25, 0.3) is 0 Å². The van der Waals surface area contributed by atoms with Gasteiger partial charge in [0, 0.05) is 23.0 Å². The lowest BCUT2D eigenvalue weighted by Gasteiger charge is -2.05. The van der Waals surface area contributed by atoms with Gasteiger partial charge >= 0.3 is 0 Å². The number of nitrogens with one attached hydrogen (secondary N) is 1. The van der Waals surface area contributed by atoms with Crippen LogP contribution in [0.25, 0.3) is 11.3 Å². The Kier molecular flexibility index (Phi) is 5.16. The van der Waals surface area contributed by atoms with Crippen molar-refractivity contribution < 1.29 is 4.42 Å².